The predicted octanol–water partition coefficient (Wildman–Crippen LogP) is 2.88. The molecule has 7 heteroatoms. The van der Waals surface area contributed by atoms with Gasteiger partial charge in [-0.25, -0.2) is 9.50 Å². The molecule has 0 atom stereocenters. The van der Waals surface area contributed by atoms with Gasteiger partial charge in [-0.15, -0.1) is 5.10 Å². The van der Waals surface area contributed by atoms with Gasteiger partial charge >= 0.3 is 0 Å². The topological polar surface area (TPSA) is 81.4 Å². The minimum absolute atomic E-state index is 0.112. The molecule has 0 aliphatic heterocycles. The molecule has 0 bridgehead atoms. The van der Waals surface area contributed by atoms with E-state index in [0.29, 0.717) is 17.2 Å². The Morgan fingerprint density at radius 2 is 2.08 bits per heavy atom. The summed E-state index contributed by atoms with van der Waals surface area (Å²) >= 11 is 0. The van der Waals surface area contributed by atoms with Gasteiger partial charge in [-0.2, -0.15) is 4.98 Å². The van der Waals surface area contributed by atoms with Gasteiger partial charge in [0.25, 0.3) is 5.78 Å². The van der Waals surface area contributed by atoms with Crippen molar-refractivity contribution in [1.82, 2.24) is 19.6 Å². The van der Waals surface area contributed by atoms with Gasteiger partial charge in [-0.3, -0.25) is 4.79 Å². The molecular weight excluding hydrogens is 330 g/mol. The number of hydrogen-bond acceptors (Lipinski definition) is 5. The third kappa shape index (κ3) is 3.66. The van der Waals surface area contributed by atoms with Crippen LogP contribution in [-0.2, 0) is 17.6 Å². The molecule has 0 fully saturated rings. The highest BCUT2D eigenvalue weighted by Crippen LogP contribution is 2.19. The van der Waals surface area contributed by atoms with Crippen molar-refractivity contribution in [3.8, 4) is 5.75 Å². The highest BCUT2D eigenvalue weighted by atomic mass is 16.5. The first-order valence-corrected chi connectivity index (χ1v) is 8.67. The quantitative estimate of drug-likeness (QED) is 0.737. The fraction of sp³-hybridized carbons (Fsp3) is 0.368. The number of ether oxygens (including phenoxy) is 1. The Hall–Kier alpha value is -2.96. The van der Waals surface area contributed by atoms with E-state index in [9.17, 15) is 4.79 Å². The maximum absolute atomic E-state index is 12.5. The van der Waals surface area contributed by atoms with Crippen molar-refractivity contribution in [3.05, 3.63) is 47.0 Å². The second kappa shape index (κ2) is 7.51. The molecule has 0 saturated carbocycles. The summed E-state index contributed by atoms with van der Waals surface area (Å²) in [5.41, 5.74) is 3.25. The van der Waals surface area contributed by atoms with Crippen molar-refractivity contribution in [2.45, 2.75) is 40.0 Å². The van der Waals surface area contributed by atoms with E-state index in [1.807, 2.05) is 32.0 Å². The molecule has 1 aromatic carbocycles. The summed E-state index contributed by atoms with van der Waals surface area (Å²) in [7, 11) is 1.60. The van der Waals surface area contributed by atoms with E-state index in [1.54, 1.807) is 17.7 Å². The molecule has 0 spiro atoms. The SMILES string of the molecule is CCCc1nc2nc(C)c(CC(=O)Nc3cccc(OC)c3)c(C)n2n1. The van der Waals surface area contributed by atoms with Crippen LogP contribution in [0.25, 0.3) is 5.78 Å². The Labute approximate surface area is 152 Å². The van der Waals surface area contributed by atoms with Crippen molar-refractivity contribution in [1.29, 1.82) is 0 Å². The van der Waals surface area contributed by atoms with Gasteiger partial charge in [0.15, 0.2) is 5.82 Å². The first-order chi connectivity index (χ1) is 12.5. The number of rotatable bonds is 6. The smallest absolute Gasteiger partial charge is 0.252 e. The number of nitrogens with one attached hydrogen (secondary N) is 1. The summed E-state index contributed by atoms with van der Waals surface area (Å²) in [6.07, 6.45) is 2.01. The number of carbonyl (C=O) groups excluding carboxylic acids is 1. The third-order valence-corrected chi connectivity index (χ3v) is 4.26. The monoisotopic (exact) mass is 353 g/mol. The second-order valence-corrected chi connectivity index (χ2v) is 6.21. The molecule has 0 aliphatic rings. The maximum atomic E-state index is 12.5. The highest BCUT2D eigenvalue weighted by molar-refractivity contribution is 5.92. The number of methoxy groups -OCH3 is 1. The zero-order valence-electron chi connectivity index (χ0n) is 15.5. The average Bonchev–Trinajstić information content (AvgIpc) is 3.01. The lowest BCUT2D eigenvalue weighted by Crippen LogP contribution is -2.17. The standard InChI is InChI=1S/C19H23N5O2/c1-5-7-17-22-19-20-12(2)16(13(3)24(19)23-17)11-18(25)21-14-8-6-9-15(10-14)26-4/h6,8-10H,5,7,11H2,1-4H3,(H,21,25). The summed E-state index contributed by atoms with van der Waals surface area (Å²) in [5, 5.41) is 7.41. The Morgan fingerprint density at radius 3 is 2.81 bits per heavy atom. The van der Waals surface area contributed by atoms with Crippen LogP contribution in [0.1, 0.15) is 36.1 Å². The predicted molar refractivity (Wildman–Crippen MR) is 99.6 cm³/mol. The molecule has 2 heterocycles. The van der Waals surface area contributed by atoms with Crippen LogP contribution in [0.3, 0.4) is 0 Å². The van der Waals surface area contributed by atoms with E-state index in [0.717, 1.165) is 35.6 Å². The van der Waals surface area contributed by atoms with Crippen molar-refractivity contribution in [2.75, 3.05) is 12.4 Å². The fourth-order valence-electron chi connectivity index (χ4n) is 2.90. The molecule has 7 nitrogen and oxygen atoms in total. The number of amides is 1. The van der Waals surface area contributed by atoms with E-state index in [1.165, 1.54) is 0 Å². The van der Waals surface area contributed by atoms with E-state index in [4.69, 9.17) is 4.74 Å². The fourth-order valence-corrected chi connectivity index (χ4v) is 2.90. The Morgan fingerprint density at radius 1 is 1.27 bits per heavy atom. The molecular formula is C19H23N5O2. The van der Waals surface area contributed by atoms with E-state index < -0.39 is 0 Å². The van der Waals surface area contributed by atoms with Crippen LogP contribution < -0.4 is 10.1 Å². The molecule has 3 rings (SSSR count). The largest absolute Gasteiger partial charge is 0.497 e. The molecule has 3 aromatic rings. The number of carbonyl (C=O) groups is 1. The van der Waals surface area contributed by atoms with Crippen LogP contribution >= 0.6 is 0 Å². The Kier molecular flexibility index (Phi) is 5.16. The summed E-state index contributed by atoms with van der Waals surface area (Å²) in [4.78, 5) is 21.5. The Bertz CT molecular complexity index is 948. The molecule has 0 aliphatic carbocycles. The minimum Gasteiger partial charge on any atom is -0.497 e. The van der Waals surface area contributed by atoms with Gasteiger partial charge in [0, 0.05) is 35.1 Å². The van der Waals surface area contributed by atoms with E-state index in [2.05, 4.69) is 27.3 Å². The molecule has 1 amide bonds. The van der Waals surface area contributed by atoms with Gasteiger partial charge in [0.2, 0.25) is 5.91 Å². The first kappa shape index (κ1) is 17.8. The summed E-state index contributed by atoms with van der Waals surface area (Å²) in [6.45, 7) is 5.93. The first-order valence-electron chi connectivity index (χ1n) is 8.67. The lowest BCUT2D eigenvalue weighted by atomic mass is 10.1. The molecule has 0 saturated heterocycles. The van der Waals surface area contributed by atoms with Crippen molar-refractivity contribution in [3.63, 3.8) is 0 Å². The normalized spacial score (nSPS) is 10.9. The number of nitrogens with zero attached hydrogens (tertiary/aromatic N) is 4. The van der Waals surface area contributed by atoms with Crippen LogP contribution in [0.5, 0.6) is 5.75 Å². The van der Waals surface area contributed by atoms with Gasteiger partial charge < -0.3 is 10.1 Å². The zero-order chi connectivity index (χ0) is 18.7. The van der Waals surface area contributed by atoms with Crippen molar-refractivity contribution in [2.24, 2.45) is 0 Å². The van der Waals surface area contributed by atoms with Crippen LogP contribution in [-0.4, -0.2) is 32.6 Å². The van der Waals surface area contributed by atoms with Crippen molar-refractivity contribution < 1.29 is 9.53 Å². The molecule has 0 radical (unpaired) electrons. The highest BCUT2D eigenvalue weighted by Gasteiger charge is 2.16. The summed E-state index contributed by atoms with van der Waals surface area (Å²) in [6, 6.07) is 7.28. The summed E-state index contributed by atoms with van der Waals surface area (Å²) < 4.78 is 6.91. The van der Waals surface area contributed by atoms with E-state index >= 15 is 0 Å². The molecule has 2 aromatic heterocycles. The Balaban J connectivity index is 1.84. The van der Waals surface area contributed by atoms with Gasteiger partial charge in [-0.05, 0) is 32.4 Å². The maximum Gasteiger partial charge on any atom is 0.252 e. The average molecular weight is 353 g/mol. The molecule has 1 N–H and O–H groups in total. The lowest BCUT2D eigenvalue weighted by Gasteiger charge is -2.11. The lowest BCUT2D eigenvalue weighted by molar-refractivity contribution is -0.115. The number of anilines is 1. The molecule has 26 heavy (non-hydrogen) atoms. The minimum atomic E-state index is -0.112. The van der Waals surface area contributed by atoms with Crippen LogP contribution in [0, 0.1) is 13.8 Å². The number of hydrogen-bond donors (Lipinski definition) is 1. The number of fused-ring (bicyclic) bond motifs is 1. The number of benzene rings is 1. The van der Waals surface area contributed by atoms with Gasteiger partial charge in [0.05, 0.1) is 13.5 Å². The molecule has 136 valence electrons. The van der Waals surface area contributed by atoms with Gasteiger partial charge in [-0.1, -0.05) is 13.0 Å². The third-order valence-electron chi connectivity index (χ3n) is 4.26. The van der Waals surface area contributed by atoms with Crippen LogP contribution in [0.4, 0.5) is 5.69 Å². The number of aryl methyl sites for hydroxylation is 3. The number of aromatic nitrogens is 4. The van der Waals surface area contributed by atoms with Crippen LogP contribution in [0.15, 0.2) is 24.3 Å². The molecule has 0 unspecified atom stereocenters. The summed E-state index contributed by atoms with van der Waals surface area (Å²) in [5.74, 6) is 1.95. The van der Waals surface area contributed by atoms with Crippen molar-refractivity contribution >= 4 is 17.4 Å². The van der Waals surface area contributed by atoms with E-state index in [-0.39, 0.29) is 12.3 Å². The zero-order valence-corrected chi connectivity index (χ0v) is 15.5. The second-order valence-electron chi connectivity index (χ2n) is 6.21. The van der Waals surface area contributed by atoms with Gasteiger partial charge in [0.1, 0.15) is 5.75 Å². The van der Waals surface area contributed by atoms with Crippen LogP contribution in [0.2, 0.25) is 0 Å².